The van der Waals surface area contributed by atoms with Gasteiger partial charge in [-0.2, -0.15) is 0 Å². The number of hydrogen-bond acceptors (Lipinski definition) is 2. The summed E-state index contributed by atoms with van der Waals surface area (Å²) in [7, 11) is 0. The SMILES string of the molecule is Cc1ccc(OCc2nc3c(C)cccc3[nH]2)cc1. The largest absolute Gasteiger partial charge is 0.486 e. The van der Waals surface area contributed by atoms with Crippen molar-refractivity contribution in [2.24, 2.45) is 0 Å². The molecular weight excluding hydrogens is 236 g/mol. The molecule has 3 nitrogen and oxygen atoms in total. The van der Waals surface area contributed by atoms with Crippen LogP contribution in [-0.2, 0) is 6.61 Å². The molecular formula is C16H16N2O. The second kappa shape index (κ2) is 4.76. The van der Waals surface area contributed by atoms with Crippen LogP contribution in [0.15, 0.2) is 42.5 Å². The fourth-order valence-electron chi connectivity index (χ4n) is 2.08. The number of aromatic amines is 1. The lowest BCUT2D eigenvalue weighted by atomic mass is 10.2. The summed E-state index contributed by atoms with van der Waals surface area (Å²) in [5, 5.41) is 0. The molecule has 2 aromatic carbocycles. The van der Waals surface area contributed by atoms with Crippen molar-refractivity contribution in [3.05, 3.63) is 59.4 Å². The smallest absolute Gasteiger partial charge is 0.146 e. The van der Waals surface area contributed by atoms with Crippen LogP contribution in [0.5, 0.6) is 5.75 Å². The summed E-state index contributed by atoms with van der Waals surface area (Å²) in [5.74, 6) is 1.72. The molecule has 0 saturated carbocycles. The highest BCUT2D eigenvalue weighted by atomic mass is 16.5. The Labute approximate surface area is 112 Å². The van der Waals surface area contributed by atoms with E-state index in [4.69, 9.17) is 4.74 Å². The number of aryl methyl sites for hydroxylation is 2. The van der Waals surface area contributed by atoms with Gasteiger partial charge in [0.1, 0.15) is 18.2 Å². The number of benzene rings is 2. The highest BCUT2D eigenvalue weighted by Crippen LogP contribution is 2.17. The molecule has 0 aliphatic carbocycles. The number of para-hydroxylation sites is 1. The third kappa shape index (κ3) is 2.45. The molecule has 3 heteroatoms. The van der Waals surface area contributed by atoms with Gasteiger partial charge in [0, 0.05) is 0 Å². The number of nitrogens with one attached hydrogen (secondary N) is 1. The van der Waals surface area contributed by atoms with E-state index in [1.165, 1.54) is 11.1 Å². The Kier molecular flexibility index (Phi) is 2.95. The summed E-state index contributed by atoms with van der Waals surface area (Å²) < 4.78 is 5.72. The molecule has 3 aromatic rings. The van der Waals surface area contributed by atoms with Crippen LogP contribution in [0.3, 0.4) is 0 Å². The molecule has 0 aliphatic heterocycles. The van der Waals surface area contributed by atoms with Gasteiger partial charge in [0.05, 0.1) is 11.0 Å². The molecule has 19 heavy (non-hydrogen) atoms. The number of hydrogen-bond donors (Lipinski definition) is 1. The van der Waals surface area contributed by atoms with Crippen molar-refractivity contribution in [3.63, 3.8) is 0 Å². The van der Waals surface area contributed by atoms with Gasteiger partial charge in [-0.05, 0) is 37.6 Å². The third-order valence-corrected chi connectivity index (χ3v) is 3.16. The van der Waals surface area contributed by atoms with Crippen LogP contribution in [0, 0.1) is 13.8 Å². The molecule has 0 amide bonds. The number of H-pyrrole nitrogens is 1. The average molecular weight is 252 g/mol. The van der Waals surface area contributed by atoms with Crippen molar-refractivity contribution in [1.82, 2.24) is 9.97 Å². The number of ether oxygens (including phenoxy) is 1. The van der Waals surface area contributed by atoms with Crippen molar-refractivity contribution < 1.29 is 4.74 Å². The first-order chi connectivity index (χ1) is 9.22. The van der Waals surface area contributed by atoms with Crippen LogP contribution in [0.4, 0.5) is 0 Å². The highest BCUT2D eigenvalue weighted by molar-refractivity contribution is 5.78. The molecule has 96 valence electrons. The maximum absolute atomic E-state index is 5.72. The Morgan fingerprint density at radius 2 is 1.84 bits per heavy atom. The van der Waals surface area contributed by atoms with E-state index in [9.17, 15) is 0 Å². The maximum atomic E-state index is 5.72. The molecule has 1 aromatic heterocycles. The first-order valence-electron chi connectivity index (χ1n) is 6.36. The second-order valence-corrected chi connectivity index (χ2v) is 4.76. The summed E-state index contributed by atoms with van der Waals surface area (Å²) in [6, 6.07) is 14.2. The van der Waals surface area contributed by atoms with Crippen molar-refractivity contribution in [2.75, 3.05) is 0 Å². The van der Waals surface area contributed by atoms with Crippen LogP contribution >= 0.6 is 0 Å². The Balaban J connectivity index is 1.78. The van der Waals surface area contributed by atoms with Gasteiger partial charge >= 0.3 is 0 Å². The fraction of sp³-hybridized carbons (Fsp3) is 0.188. The Morgan fingerprint density at radius 1 is 1.05 bits per heavy atom. The van der Waals surface area contributed by atoms with E-state index in [0.29, 0.717) is 6.61 Å². The van der Waals surface area contributed by atoms with Crippen LogP contribution in [-0.4, -0.2) is 9.97 Å². The summed E-state index contributed by atoms with van der Waals surface area (Å²) >= 11 is 0. The molecule has 3 rings (SSSR count). The third-order valence-electron chi connectivity index (χ3n) is 3.16. The molecule has 0 bridgehead atoms. The van der Waals surface area contributed by atoms with Crippen LogP contribution in [0.25, 0.3) is 11.0 Å². The van der Waals surface area contributed by atoms with Gasteiger partial charge < -0.3 is 9.72 Å². The number of rotatable bonds is 3. The normalized spacial score (nSPS) is 10.8. The van der Waals surface area contributed by atoms with Crippen molar-refractivity contribution in [2.45, 2.75) is 20.5 Å². The predicted molar refractivity (Wildman–Crippen MR) is 76.3 cm³/mol. The fourth-order valence-corrected chi connectivity index (χ4v) is 2.08. The lowest BCUT2D eigenvalue weighted by Crippen LogP contribution is -1.97. The maximum Gasteiger partial charge on any atom is 0.146 e. The van der Waals surface area contributed by atoms with Gasteiger partial charge in [0.25, 0.3) is 0 Å². The lowest BCUT2D eigenvalue weighted by Gasteiger charge is -2.03. The molecule has 0 aliphatic rings. The van der Waals surface area contributed by atoms with Crippen molar-refractivity contribution in [1.29, 1.82) is 0 Å². The zero-order valence-electron chi connectivity index (χ0n) is 11.1. The number of fused-ring (bicyclic) bond motifs is 1. The number of nitrogens with zero attached hydrogens (tertiary/aromatic N) is 1. The number of imidazole rings is 1. The highest BCUT2D eigenvalue weighted by Gasteiger charge is 2.05. The molecule has 0 atom stereocenters. The van der Waals surface area contributed by atoms with Gasteiger partial charge in [0.2, 0.25) is 0 Å². The van der Waals surface area contributed by atoms with E-state index in [1.54, 1.807) is 0 Å². The van der Waals surface area contributed by atoms with Gasteiger partial charge in [-0.15, -0.1) is 0 Å². The zero-order chi connectivity index (χ0) is 13.2. The minimum absolute atomic E-state index is 0.456. The summed E-state index contributed by atoms with van der Waals surface area (Å²) in [4.78, 5) is 7.85. The Morgan fingerprint density at radius 3 is 2.58 bits per heavy atom. The van der Waals surface area contributed by atoms with Gasteiger partial charge in [-0.1, -0.05) is 29.8 Å². The second-order valence-electron chi connectivity index (χ2n) is 4.76. The van der Waals surface area contributed by atoms with Gasteiger partial charge in [0.15, 0.2) is 0 Å². The van der Waals surface area contributed by atoms with E-state index in [0.717, 1.165) is 22.6 Å². The van der Waals surface area contributed by atoms with Gasteiger partial charge in [-0.3, -0.25) is 0 Å². The Bertz CT molecular complexity index is 698. The first kappa shape index (κ1) is 11.8. The Hall–Kier alpha value is -2.29. The van der Waals surface area contributed by atoms with E-state index in [2.05, 4.69) is 29.9 Å². The average Bonchev–Trinajstić information content (AvgIpc) is 2.83. The minimum atomic E-state index is 0.456. The van der Waals surface area contributed by atoms with E-state index in [-0.39, 0.29) is 0 Å². The van der Waals surface area contributed by atoms with E-state index in [1.807, 2.05) is 36.4 Å². The summed E-state index contributed by atoms with van der Waals surface area (Å²) in [6.45, 7) is 4.58. The number of aromatic nitrogens is 2. The molecule has 0 spiro atoms. The molecule has 0 unspecified atom stereocenters. The topological polar surface area (TPSA) is 37.9 Å². The predicted octanol–water partition coefficient (Wildman–Crippen LogP) is 3.76. The summed E-state index contributed by atoms with van der Waals surface area (Å²) in [6.07, 6.45) is 0. The lowest BCUT2D eigenvalue weighted by molar-refractivity contribution is 0.297. The van der Waals surface area contributed by atoms with Crippen LogP contribution < -0.4 is 4.74 Å². The molecule has 1 N–H and O–H groups in total. The van der Waals surface area contributed by atoms with Crippen LogP contribution in [0.2, 0.25) is 0 Å². The first-order valence-corrected chi connectivity index (χ1v) is 6.36. The van der Waals surface area contributed by atoms with E-state index < -0.39 is 0 Å². The van der Waals surface area contributed by atoms with Gasteiger partial charge in [-0.25, -0.2) is 4.98 Å². The standard InChI is InChI=1S/C16H16N2O/c1-11-6-8-13(9-7-11)19-10-15-17-14-5-3-4-12(2)16(14)18-15/h3-9H,10H2,1-2H3,(H,17,18). The zero-order valence-corrected chi connectivity index (χ0v) is 11.1. The monoisotopic (exact) mass is 252 g/mol. The van der Waals surface area contributed by atoms with Crippen LogP contribution in [0.1, 0.15) is 17.0 Å². The molecule has 1 heterocycles. The molecule has 0 radical (unpaired) electrons. The van der Waals surface area contributed by atoms with Crippen molar-refractivity contribution in [3.8, 4) is 5.75 Å². The van der Waals surface area contributed by atoms with Crippen molar-refractivity contribution >= 4 is 11.0 Å². The quantitative estimate of drug-likeness (QED) is 0.770. The molecule has 0 fully saturated rings. The van der Waals surface area contributed by atoms with E-state index >= 15 is 0 Å². The summed E-state index contributed by atoms with van der Waals surface area (Å²) in [5.41, 5.74) is 4.48. The minimum Gasteiger partial charge on any atom is -0.486 e. The molecule has 0 saturated heterocycles.